The lowest BCUT2D eigenvalue weighted by atomic mass is 10.1. The zero-order valence-electron chi connectivity index (χ0n) is 18.6. The second-order valence-corrected chi connectivity index (χ2v) is 8.75. The molecule has 4 rings (SSSR count). The molecule has 4 nitrogen and oxygen atoms in total. The highest BCUT2D eigenvalue weighted by molar-refractivity contribution is 14.1. The van der Waals surface area contributed by atoms with Crippen LogP contribution < -0.4 is 9.80 Å². The molecular weight excluding hydrogens is 535 g/mol. The van der Waals surface area contributed by atoms with Gasteiger partial charge in [-0.3, -0.25) is 9.59 Å². The molecule has 0 spiro atoms. The molecule has 0 aliphatic carbocycles. The highest BCUT2D eigenvalue weighted by atomic mass is 127. The van der Waals surface area contributed by atoms with Crippen LogP contribution in [0.5, 0.6) is 0 Å². The van der Waals surface area contributed by atoms with E-state index in [4.69, 9.17) is 0 Å². The Bertz CT molecular complexity index is 1250. The summed E-state index contributed by atoms with van der Waals surface area (Å²) in [6, 6.07) is 37.3. The van der Waals surface area contributed by atoms with Gasteiger partial charge in [0.1, 0.15) is 0 Å². The molecule has 0 unspecified atom stereocenters. The maximum atomic E-state index is 13.1. The summed E-state index contributed by atoms with van der Waals surface area (Å²) in [5, 5.41) is 0. The van der Waals surface area contributed by atoms with Gasteiger partial charge in [-0.15, -0.1) is 0 Å². The van der Waals surface area contributed by atoms with Gasteiger partial charge in [-0.1, -0.05) is 66.7 Å². The summed E-state index contributed by atoms with van der Waals surface area (Å²) in [5.41, 5.74) is 4.55. The fourth-order valence-corrected chi connectivity index (χ4v) is 4.26. The summed E-state index contributed by atoms with van der Waals surface area (Å²) < 4.78 is 0.451. The van der Waals surface area contributed by atoms with E-state index in [9.17, 15) is 9.59 Å². The highest BCUT2D eigenvalue weighted by Gasteiger charge is 2.22. The largest absolute Gasteiger partial charge is 0.311 e. The monoisotopic (exact) mass is 558 g/mol. The highest BCUT2D eigenvalue weighted by Crippen LogP contribution is 2.34. The van der Waals surface area contributed by atoms with E-state index in [2.05, 4.69) is 29.2 Å². The minimum Gasteiger partial charge on any atom is -0.311 e. The van der Waals surface area contributed by atoms with Crippen LogP contribution >= 0.6 is 22.6 Å². The van der Waals surface area contributed by atoms with Crippen LogP contribution in [0.1, 0.15) is 12.5 Å². The number of carbonyl (C=O) groups excluding carboxylic acids is 2. The van der Waals surface area contributed by atoms with E-state index in [-0.39, 0.29) is 11.8 Å². The van der Waals surface area contributed by atoms with Crippen molar-refractivity contribution in [3.05, 3.63) is 124 Å². The van der Waals surface area contributed by atoms with E-state index in [1.165, 1.54) is 11.8 Å². The van der Waals surface area contributed by atoms with Crippen molar-refractivity contribution >= 4 is 63.2 Å². The van der Waals surface area contributed by atoms with Gasteiger partial charge in [-0.25, -0.2) is 4.90 Å². The van der Waals surface area contributed by atoms with E-state index in [0.29, 0.717) is 9.27 Å². The number of hydrogen-bond acceptors (Lipinski definition) is 3. The molecule has 34 heavy (non-hydrogen) atoms. The number of hydrogen-bond donors (Lipinski definition) is 0. The lowest BCUT2D eigenvalue weighted by Gasteiger charge is -2.25. The van der Waals surface area contributed by atoms with Crippen molar-refractivity contribution < 1.29 is 9.59 Å². The lowest BCUT2D eigenvalue weighted by molar-refractivity contribution is -0.123. The predicted molar refractivity (Wildman–Crippen MR) is 148 cm³/mol. The van der Waals surface area contributed by atoms with E-state index >= 15 is 0 Å². The Kier molecular flexibility index (Phi) is 7.54. The van der Waals surface area contributed by atoms with Crippen LogP contribution in [0.2, 0.25) is 0 Å². The first-order valence-corrected chi connectivity index (χ1v) is 11.9. The molecule has 0 atom stereocenters. The quantitative estimate of drug-likeness (QED) is 0.182. The van der Waals surface area contributed by atoms with Crippen LogP contribution in [-0.4, -0.2) is 11.8 Å². The average molecular weight is 558 g/mol. The molecule has 5 heteroatoms. The second kappa shape index (κ2) is 10.9. The van der Waals surface area contributed by atoms with E-state index in [0.717, 1.165) is 22.6 Å². The number of amides is 2. The number of imide groups is 1. The maximum absolute atomic E-state index is 13.1. The van der Waals surface area contributed by atoms with Gasteiger partial charge in [0.05, 0.1) is 9.27 Å². The van der Waals surface area contributed by atoms with Crippen molar-refractivity contribution in [2.75, 3.05) is 9.80 Å². The van der Waals surface area contributed by atoms with E-state index < -0.39 is 0 Å². The zero-order valence-corrected chi connectivity index (χ0v) is 20.8. The van der Waals surface area contributed by atoms with Crippen molar-refractivity contribution in [1.29, 1.82) is 0 Å². The van der Waals surface area contributed by atoms with Gasteiger partial charge in [-0.05, 0) is 82.8 Å². The number of halogens is 1. The molecule has 0 heterocycles. The molecule has 4 aromatic carbocycles. The van der Waals surface area contributed by atoms with E-state index in [1.807, 2.05) is 89.3 Å². The molecule has 0 radical (unpaired) electrons. The molecule has 4 aromatic rings. The lowest BCUT2D eigenvalue weighted by Crippen LogP contribution is -2.35. The standard InChI is InChI=1S/C29H23IN2O2/c1-22(33)31(24-11-5-2-6-12-24)29(34)28(30)21-23-17-19-27(20-18-23)32(25-13-7-3-8-14-25)26-15-9-4-10-16-26/h2-21H,1H3/b28-21+. The SMILES string of the molecule is CC(=O)N(C(=O)/C(I)=C\c1ccc(N(c2ccccc2)c2ccccc2)cc1)c1ccccc1. The van der Waals surface area contributed by atoms with Crippen LogP contribution in [-0.2, 0) is 9.59 Å². The van der Waals surface area contributed by atoms with Gasteiger partial charge >= 0.3 is 0 Å². The minimum atomic E-state index is -0.349. The Hall–Kier alpha value is -3.71. The van der Waals surface area contributed by atoms with Gasteiger partial charge < -0.3 is 4.90 Å². The Morgan fingerprint density at radius 2 is 1.03 bits per heavy atom. The smallest absolute Gasteiger partial charge is 0.271 e. The number of nitrogens with zero attached hydrogens (tertiary/aromatic N) is 2. The number of rotatable bonds is 6. The number of benzene rings is 4. The average Bonchev–Trinajstić information content (AvgIpc) is 2.87. The Labute approximate surface area is 213 Å². The summed E-state index contributed by atoms with van der Waals surface area (Å²) in [6.45, 7) is 1.39. The molecule has 0 N–H and O–H groups in total. The van der Waals surface area contributed by atoms with Crippen molar-refractivity contribution in [2.24, 2.45) is 0 Å². The molecule has 0 aromatic heterocycles. The molecule has 2 amide bonds. The molecule has 0 saturated heterocycles. The first kappa shape index (κ1) is 23.4. The fraction of sp³-hybridized carbons (Fsp3) is 0.0345. The van der Waals surface area contributed by atoms with Crippen LogP contribution in [0.4, 0.5) is 22.7 Å². The van der Waals surface area contributed by atoms with Gasteiger partial charge in [-0.2, -0.15) is 0 Å². The van der Waals surface area contributed by atoms with Crippen LogP contribution in [0.25, 0.3) is 6.08 Å². The fourth-order valence-electron chi connectivity index (χ4n) is 3.65. The molecule has 168 valence electrons. The Balaban J connectivity index is 1.62. The molecule has 0 aliphatic rings. The predicted octanol–water partition coefficient (Wildman–Crippen LogP) is 7.51. The molecule has 0 bridgehead atoms. The molecule has 0 aliphatic heterocycles. The summed E-state index contributed by atoms with van der Waals surface area (Å²) in [5.74, 6) is -0.672. The van der Waals surface area contributed by atoms with Gasteiger partial charge in [0, 0.05) is 24.0 Å². The van der Waals surface area contributed by atoms with Crippen molar-refractivity contribution in [3.63, 3.8) is 0 Å². The zero-order chi connectivity index (χ0) is 23.9. The second-order valence-electron chi connectivity index (χ2n) is 7.59. The Morgan fingerprint density at radius 3 is 1.47 bits per heavy atom. The van der Waals surface area contributed by atoms with Crippen molar-refractivity contribution in [1.82, 2.24) is 0 Å². The number of carbonyl (C=O) groups is 2. The topological polar surface area (TPSA) is 40.6 Å². The number of para-hydroxylation sites is 3. The van der Waals surface area contributed by atoms with Gasteiger partial charge in [0.25, 0.3) is 5.91 Å². The summed E-state index contributed by atoms with van der Waals surface area (Å²) >= 11 is 1.99. The summed E-state index contributed by atoms with van der Waals surface area (Å²) in [7, 11) is 0. The first-order valence-electron chi connectivity index (χ1n) is 10.8. The van der Waals surface area contributed by atoms with E-state index in [1.54, 1.807) is 30.3 Å². The summed E-state index contributed by atoms with van der Waals surface area (Å²) in [6.07, 6.45) is 1.79. The normalized spacial score (nSPS) is 11.1. The van der Waals surface area contributed by atoms with Crippen LogP contribution in [0.3, 0.4) is 0 Å². The minimum absolute atomic E-state index is 0.324. The third-order valence-corrected chi connectivity index (χ3v) is 5.98. The Morgan fingerprint density at radius 1 is 0.618 bits per heavy atom. The van der Waals surface area contributed by atoms with Gasteiger partial charge in [0.15, 0.2) is 0 Å². The number of anilines is 4. The van der Waals surface area contributed by atoms with Crippen LogP contribution in [0, 0.1) is 0 Å². The van der Waals surface area contributed by atoms with Crippen molar-refractivity contribution in [3.8, 4) is 0 Å². The van der Waals surface area contributed by atoms with Crippen molar-refractivity contribution in [2.45, 2.75) is 6.92 Å². The summed E-state index contributed by atoms with van der Waals surface area (Å²) in [4.78, 5) is 28.6. The first-order chi connectivity index (χ1) is 16.5. The van der Waals surface area contributed by atoms with Crippen LogP contribution in [0.15, 0.2) is 119 Å². The molecule has 0 fully saturated rings. The maximum Gasteiger partial charge on any atom is 0.271 e. The third-order valence-electron chi connectivity index (χ3n) is 5.21. The molecular formula is C29H23IN2O2. The van der Waals surface area contributed by atoms with Gasteiger partial charge in [0.2, 0.25) is 5.91 Å². The third kappa shape index (κ3) is 5.43. The molecule has 0 saturated carbocycles.